The molecule has 2 rings (SSSR count). The highest BCUT2D eigenvalue weighted by atomic mass is 127. The molecule has 0 saturated heterocycles. The van der Waals surface area contributed by atoms with Gasteiger partial charge in [0.2, 0.25) is 5.91 Å². The maximum absolute atomic E-state index is 11.9. The molecule has 20 heavy (non-hydrogen) atoms. The molecule has 0 atom stereocenters. The van der Waals surface area contributed by atoms with Crippen molar-refractivity contribution in [2.75, 3.05) is 17.2 Å². The number of hydrogen-bond acceptors (Lipinski definition) is 2. The Labute approximate surface area is 136 Å². The number of aryl methyl sites for hydroxylation is 1. The third-order valence-corrected chi connectivity index (χ3v) is 3.66. The van der Waals surface area contributed by atoms with E-state index in [-0.39, 0.29) is 12.5 Å². The van der Waals surface area contributed by atoms with E-state index in [2.05, 4.69) is 33.2 Å². The second-order valence-corrected chi connectivity index (χ2v) is 6.05. The Morgan fingerprint density at radius 2 is 2.05 bits per heavy atom. The van der Waals surface area contributed by atoms with Gasteiger partial charge in [0, 0.05) is 9.26 Å². The van der Waals surface area contributed by atoms with Crippen LogP contribution in [0.5, 0.6) is 0 Å². The van der Waals surface area contributed by atoms with E-state index in [0.717, 1.165) is 20.5 Å². The van der Waals surface area contributed by atoms with Crippen molar-refractivity contribution in [1.82, 2.24) is 0 Å². The average molecular weight is 401 g/mol. The van der Waals surface area contributed by atoms with Gasteiger partial charge in [-0.15, -0.1) is 0 Å². The number of hydrogen-bond donors (Lipinski definition) is 2. The third-order valence-electron chi connectivity index (χ3n) is 2.67. The van der Waals surface area contributed by atoms with E-state index < -0.39 is 0 Å². The fourth-order valence-corrected chi connectivity index (χ4v) is 2.66. The lowest BCUT2D eigenvalue weighted by Crippen LogP contribution is -2.21. The molecule has 0 fully saturated rings. The SMILES string of the molecule is Cc1cccc(NC(=O)CNc2ccc(I)cc2Cl)c1. The molecule has 0 aliphatic rings. The minimum Gasteiger partial charge on any atom is -0.375 e. The van der Waals surface area contributed by atoms with Crippen LogP contribution in [0.4, 0.5) is 11.4 Å². The van der Waals surface area contributed by atoms with Crippen LogP contribution in [-0.4, -0.2) is 12.5 Å². The van der Waals surface area contributed by atoms with Gasteiger partial charge >= 0.3 is 0 Å². The molecule has 0 radical (unpaired) electrons. The third kappa shape index (κ3) is 4.38. The van der Waals surface area contributed by atoms with Crippen molar-refractivity contribution in [3.8, 4) is 0 Å². The maximum Gasteiger partial charge on any atom is 0.243 e. The quantitative estimate of drug-likeness (QED) is 0.751. The topological polar surface area (TPSA) is 41.1 Å². The molecule has 2 aromatic carbocycles. The first-order valence-corrected chi connectivity index (χ1v) is 7.56. The van der Waals surface area contributed by atoms with E-state index in [9.17, 15) is 4.79 Å². The fraction of sp³-hybridized carbons (Fsp3) is 0.133. The first-order valence-electron chi connectivity index (χ1n) is 6.10. The minimum absolute atomic E-state index is 0.106. The van der Waals surface area contributed by atoms with Gasteiger partial charge in [0.05, 0.1) is 17.3 Å². The molecule has 0 aliphatic heterocycles. The van der Waals surface area contributed by atoms with Crippen molar-refractivity contribution in [1.29, 1.82) is 0 Å². The van der Waals surface area contributed by atoms with Crippen molar-refractivity contribution < 1.29 is 4.79 Å². The van der Waals surface area contributed by atoms with Crippen LogP contribution in [0.1, 0.15) is 5.56 Å². The van der Waals surface area contributed by atoms with Crippen LogP contribution in [0.2, 0.25) is 5.02 Å². The molecule has 0 aromatic heterocycles. The summed E-state index contributed by atoms with van der Waals surface area (Å²) in [5.41, 5.74) is 2.66. The summed E-state index contributed by atoms with van der Waals surface area (Å²) < 4.78 is 1.06. The zero-order valence-electron chi connectivity index (χ0n) is 10.9. The van der Waals surface area contributed by atoms with Gasteiger partial charge in [0.25, 0.3) is 0 Å². The van der Waals surface area contributed by atoms with Gasteiger partial charge in [-0.25, -0.2) is 0 Å². The van der Waals surface area contributed by atoms with Gasteiger partial charge in [-0.2, -0.15) is 0 Å². The summed E-state index contributed by atoms with van der Waals surface area (Å²) in [7, 11) is 0. The largest absolute Gasteiger partial charge is 0.375 e. The van der Waals surface area contributed by atoms with Gasteiger partial charge in [-0.1, -0.05) is 23.7 Å². The Hall–Kier alpha value is -1.27. The second-order valence-electron chi connectivity index (χ2n) is 4.40. The molecule has 3 nitrogen and oxygen atoms in total. The number of carbonyl (C=O) groups is 1. The predicted molar refractivity (Wildman–Crippen MR) is 92.5 cm³/mol. The number of amides is 1. The molecular formula is C15H14ClIN2O. The maximum atomic E-state index is 11.9. The molecule has 0 spiro atoms. The van der Waals surface area contributed by atoms with Crippen molar-refractivity contribution in [2.24, 2.45) is 0 Å². The summed E-state index contributed by atoms with van der Waals surface area (Å²) >= 11 is 8.29. The zero-order chi connectivity index (χ0) is 14.5. The highest BCUT2D eigenvalue weighted by Gasteiger charge is 2.05. The van der Waals surface area contributed by atoms with Gasteiger partial charge in [-0.05, 0) is 65.4 Å². The van der Waals surface area contributed by atoms with E-state index in [1.165, 1.54) is 0 Å². The number of benzene rings is 2. The van der Waals surface area contributed by atoms with E-state index in [1.807, 2.05) is 49.4 Å². The van der Waals surface area contributed by atoms with Crippen molar-refractivity contribution >= 4 is 51.5 Å². The summed E-state index contributed by atoms with van der Waals surface area (Å²) in [5, 5.41) is 6.48. The van der Waals surface area contributed by atoms with Crippen LogP contribution in [0, 0.1) is 10.5 Å². The molecule has 2 aromatic rings. The lowest BCUT2D eigenvalue weighted by Gasteiger charge is -2.09. The normalized spacial score (nSPS) is 10.2. The smallest absolute Gasteiger partial charge is 0.243 e. The molecule has 0 unspecified atom stereocenters. The Kier molecular flexibility index (Phi) is 5.25. The molecule has 0 aliphatic carbocycles. The van der Waals surface area contributed by atoms with Crippen molar-refractivity contribution in [3.63, 3.8) is 0 Å². The zero-order valence-corrected chi connectivity index (χ0v) is 13.8. The monoisotopic (exact) mass is 400 g/mol. The standard InChI is InChI=1S/C15H14ClIN2O/c1-10-3-2-4-12(7-10)19-15(20)9-18-14-6-5-11(17)8-13(14)16/h2-8,18H,9H2,1H3,(H,19,20). The predicted octanol–water partition coefficient (Wildman–Crippen LogP) is 4.30. The number of carbonyl (C=O) groups excluding carboxylic acids is 1. The van der Waals surface area contributed by atoms with Gasteiger partial charge < -0.3 is 10.6 Å². The molecule has 5 heteroatoms. The lowest BCUT2D eigenvalue weighted by atomic mass is 10.2. The Morgan fingerprint density at radius 1 is 1.25 bits per heavy atom. The molecule has 1 amide bonds. The van der Waals surface area contributed by atoms with Gasteiger partial charge in [0.15, 0.2) is 0 Å². The number of nitrogens with one attached hydrogen (secondary N) is 2. The Morgan fingerprint density at radius 3 is 2.75 bits per heavy atom. The van der Waals surface area contributed by atoms with Crippen LogP contribution in [0.15, 0.2) is 42.5 Å². The highest BCUT2D eigenvalue weighted by Crippen LogP contribution is 2.23. The summed E-state index contributed by atoms with van der Waals surface area (Å²) in [6.07, 6.45) is 0. The van der Waals surface area contributed by atoms with Crippen molar-refractivity contribution in [3.05, 3.63) is 56.6 Å². The number of anilines is 2. The van der Waals surface area contributed by atoms with Crippen LogP contribution < -0.4 is 10.6 Å². The van der Waals surface area contributed by atoms with E-state index >= 15 is 0 Å². The molecule has 2 N–H and O–H groups in total. The number of halogens is 2. The van der Waals surface area contributed by atoms with E-state index in [0.29, 0.717) is 5.02 Å². The van der Waals surface area contributed by atoms with Crippen molar-refractivity contribution in [2.45, 2.75) is 6.92 Å². The summed E-state index contributed by atoms with van der Waals surface area (Å²) in [6, 6.07) is 13.3. The molecule has 104 valence electrons. The second kappa shape index (κ2) is 6.95. The minimum atomic E-state index is -0.106. The molecule has 0 saturated carbocycles. The molecule has 0 bridgehead atoms. The van der Waals surface area contributed by atoms with E-state index in [4.69, 9.17) is 11.6 Å². The first-order chi connectivity index (χ1) is 9.54. The summed E-state index contributed by atoms with van der Waals surface area (Å²) in [4.78, 5) is 11.9. The van der Waals surface area contributed by atoms with Gasteiger partial charge in [-0.3, -0.25) is 4.79 Å². The molecule has 0 heterocycles. The fourth-order valence-electron chi connectivity index (χ4n) is 1.74. The Bertz CT molecular complexity index is 631. The molecular weight excluding hydrogens is 387 g/mol. The lowest BCUT2D eigenvalue weighted by molar-refractivity contribution is -0.114. The highest BCUT2D eigenvalue weighted by molar-refractivity contribution is 14.1. The average Bonchev–Trinajstić information content (AvgIpc) is 2.37. The number of rotatable bonds is 4. The summed E-state index contributed by atoms with van der Waals surface area (Å²) in [6.45, 7) is 2.16. The van der Waals surface area contributed by atoms with Gasteiger partial charge in [0.1, 0.15) is 0 Å². The van der Waals surface area contributed by atoms with E-state index in [1.54, 1.807) is 0 Å². The van der Waals surface area contributed by atoms with Crippen LogP contribution in [-0.2, 0) is 4.79 Å². The first kappa shape index (κ1) is 15.1. The Balaban J connectivity index is 1.92. The van der Waals surface area contributed by atoms with Crippen LogP contribution in [0.3, 0.4) is 0 Å². The van der Waals surface area contributed by atoms with Crippen LogP contribution in [0.25, 0.3) is 0 Å². The summed E-state index contributed by atoms with van der Waals surface area (Å²) in [5.74, 6) is -0.106. The van der Waals surface area contributed by atoms with Crippen LogP contribution >= 0.6 is 34.2 Å².